The summed E-state index contributed by atoms with van der Waals surface area (Å²) in [7, 11) is 0. The maximum absolute atomic E-state index is 12.3. The third-order valence-electron chi connectivity index (χ3n) is 4.69. The second-order valence-corrected chi connectivity index (χ2v) is 6.47. The summed E-state index contributed by atoms with van der Waals surface area (Å²) < 4.78 is 5.47. The van der Waals surface area contributed by atoms with Gasteiger partial charge in [-0.15, -0.1) is 0 Å². The molecule has 3 aromatic heterocycles. The molecule has 0 saturated carbocycles. The molecule has 0 aliphatic heterocycles. The number of H-pyrrole nitrogens is 1. The minimum atomic E-state index is -0.139. The van der Waals surface area contributed by atoms with Crippen LogP contribution >= 0.6 is 0 Å². The summed E-state index contributed by atoms with van der Waals surface area (Å²) in [4.78, 5) is 30.5. The minimum Gasteiger partial charge on any atom is -0.337 e. The molecule has 142 valence electrons. The molecule has 1 atom stereocenters. The summed E-state index contributed by atoms with van der Waals surface area (Å²) in [6.07, 6.45) is 3.39. The van der Waals surface area contributed by atoms with Crippen molar-refractivity contribution < 1.29 is 4.52 Å². The topological polar surface area (TPSA) is 101 Å². The Kier molecular flexibility index (Phi) is 4.94. The Morgan fingerprint density at radius 2 is 2.04 bits per heavy atom. The van der Waals surface area contributed by atoms with Crippen LogP contribution in [0.15, 0.2) is 58.1 Å². The van der Waals surface area contributed by atoms with Gasteiger partial charge in [0.25, 0.3) is 5.56 Å². The number of benzene rings is 1. The van der Waals surface area contributed by atoms with Gasteiger partial charge >= 0.3 is 0 Å². The van der Waals surface area contributed by atoms with Gasteiger partial charge in [-0.2, -0.15) is 4.98 Å². The molecular weight excluding hydrogens is 356 g/mol. The molecule has 28 heavy (non-hydrogen) atoms. The molecule has 1 N–H and O–H groups in total. The normalized spacial score (nSPS) is 12.5. The summed E-state index contributed by atoms with van der Waals surface area (Å²) in [5.74, 6) is 1.61. The van der Waals surface area contributed by atoms with Crippen molar-refractivity contribution in [1.82, 2.24) is 30.0 Å². The second kappa shape index (κ2) is 7.69. The number of rotatable bonds is 6. The van der Waals surface area contributed by atoms with E-state index in [9.17, 15) is 4.79 Å². The quantitative estimate of drug-likeness (QED) is 0.552. The monoisotopic (exact) mass is 376 g/mol. The van der Waals surface area contributed by atoms with E-state index in [0.717, 1.165) is 12.1 Å². The third-order valence-corrected chi connectivity index (χ3v) is 4.69. The minimum absolute atomic E-state index is 0.138. The third kappa shape index (κ3) is 3.54. The van der Waals surface area contributed by atoms with Crippen molar-refractivity contribution in [3.63, 3.8) is 0 Å². The summed E-state index contributed by atoms with van der Waals surface area (Å²) >= 11 is 0. The van der Waals surface area contributed by atoms with Crippen LogP contribution in [0.5, 0.6) is 0 Å². The van der Waals surface area contributed by atoms with E-state index in [1.54, 1.807) is 18.5 Å². The Balaban J connectivity index is 1.57. The van der Waals surface area contributed by atoms with E-state index < -0.39 is 0 Å². The first kappa shape index (κ1) is 18.0. The van der Waals surface area contributed by atoms with Crippen LogP contribution in [0.2, 0.25) is 0 Å². The fraction of sp³-hybridized carbons (Fsp3) is 0.250. The van der Waals surface area contributed by atoms with Gasteiger partial charge in [-0.1, -0.05) is 24.2 Å². The maximum Gasteiger partial charge on any atom is 0.258 e. The standard InChI is InChI=1S/C20H20N6O2/c1-3-26(12-17-22-16-9-5-4-8-15(16)19(27)23-17)13(2)20-24-18(25-28-20)14-7-6-10-21-11-14/h4-11,13H,3,12H2,1-2H3,(H,22,23,27). The van der Waals surface area contributed by atoms with Gasteiger partial charge in [0.05, 0.1) is 23.5 Å². The van der Waals surface area contributed by atoms with E-state index >= 15 is 0 Å². The maximum atomic E-state index is 12.3. The molecule has 8 nitrogen and oxygen atoms in total. The lowest BCUT2D eigenvalue weighted by molar-refractivity contribution is 0.169. The van der Waals surface area contributed by atoms with Crippen molar-refractivity contribution in [3.05, 3.63) is 70.9 Å². The average molecular weight is 376 g/mol. The molecule has 4 rings (SSSR count). The Morgan fingerprint density at radius 1 is 1.18 bits per heavy atom. The highest BCUT2D eigenvalue weighted by Gasteiger charge is 2.22. The summed E-state index contributed by atoms with van der Waals surface area (Å²) in [6, 6.07) is 10.9. The first-order valence-corrected chi connectivity index (χ1v) is 9.11. The van der Waals surface area contributed by atoms with E-state index in [4.69, 9.17) is 4.52 Å². The largest absolute Gasteiger partial charge is 0.337 e. The fourth-order valence-corrected chi connectivity index (χ4v) is 3.10. The second-order valence-electron chi connectivity index (χ2n) is 6.47. The lowest BCUT2D eigenvalue weighted by atomic mass is 10.2. The van der Waals surface area contributed by atoms with E-state index in [0.29, 0.717) is 35.0 Å². The highest BCUT2D eigenvalue weighted by Crippen LogP contribution is 2.23. The number of hydrogen-bond donors (Lipinski definition) is 1. The van der Waals surface area contributed by atoms with Crippen LogP contribution < -0.4 is 5.56 Å². The molecule has 0 aliphatic carbocycles. The number of para-hydroxylation sites is 1. The van der Waals surface area contributed by atoms with E-state index in [1.807, 2.05) is 44.2 Å². The SMILES string of the molecule is CCN(Cc1nc2ccccc2c(=O)[nH]1)C(C)c1nc(-c2cccnc2)no1. The molecule has 0 spiro atoms. The molecule has 0 fully saturated rings. The van der Waals surface area contributed by atoms with Gasteiger partial charge in [0.15, 0.2) is 0 Å². The number of fused-ring (bicyclic) bond motifs is 1. The van der Waals surface area contributed by atoms with Crippen LogP contribution in [0.4, 0.5) is 0 Å². The van der Waals surface area contributed by atoms with Crippen molar-refractivity contribution in [2.24, 2.45) is 0 Å². The molecule has 3 heterocycles. The summed E-state index contributed by atoms with van der Waals surface area (Å²) in [6.45, 7) is 5.21. The molecule has 0 bridgehead atoms. The van der Waals surface area contributed by atoms with Gasteiger partial charge in [-0.3, -0.25) is 14.7 Å². The van der Waals surface area contributed by atoms with Crippen LogP contribution in [0.3, 0.4) is 0 Å². The molecular formula is C20H20N6O2. The van der Waals surface area contributed by atoms with Crippen molar-refractivity contribution >= 4 is 10.9 Å². The van der Waals surface area contributed by atoms with E-state index in [1.165, 1.54) is 0 Å². The molecule has 1 unspecified atom stereocenters. The number of nitrogens with one attached hydrogen (secondary N) is 1. The Labute approximate surface area is 161 Å². The summed E-state index contributed by atoms with van der Waals surface area (Å²) in [5, 5.41) is 4.64. The average Bonchev–Trinajstić information content (AvgIpc) is 3.22. The molecule has 1 aromatic carbocycles. The molecule has 8 heteroatoms. The number of aromatic nitrogens is 5. The van der Waals surface area contributed by atoms with Gasteiger partial charge in [0.1, 0.15) is 5.82 Å². The zero-order valence-corrected chi connectivity index (χ0v) is 15.7. The Hall–Kier alpha value is -3.39. The van der Waals surface area contributed by atoms with Crippen LogP contribution in [-0.2, 0) is 6.54 Å². The smallest absolute Gasteiger partial charge is 0.258 e. The van der Waals surface area contributed by atoms with Crippen molar-refractivity contribution in [1.29, 1.82) is 0 Å². The van der Waals surface area contributed by atoms with Crippen molar-refractivity contribution in [2.75, 3.05) is 6.54 Å². The zero-order chi connectivity index (χ0) is 19.5. The molecule has 4 aromatic rings. The summed E-state index contributed by atoms with van der Waals surface area (Å²) in [5.41, 5.74) is 1.34. The fourth-order valence-electron chi connectivity index (χ4n) is 3.10. The predicted molar refractivity (Wildman–Crippen MR) is 104 cm³/mol. The molecule has 0 saturated heterocycles. The van der Waals surface area contributed by atoms with Gasteiger partial charge < -0.3 is 9.51 Å². The lowest BCUT2D eigenvalue weighted by Gasteiger charge is -2.24. The highest BCUT2D eigenvalue weighted by atomic mass is 16.5. The number of nitrogens with zero attached hydrogens (tertiary/aromatic N) is 5. The van der Waals surface area contributed by atoms with Crippen LogP contribution in [0.25, 0.3) is 22.3 Å². The van der Waals surface area contributed by atoms with Crippen molar-refractivity contribution in [3.8, 4) is 11.4 Å². The van der Waals surface area contributed by atoms with Crippen LogP contribution in [-0.4, -0.2) is 36.5 Å². The first-order chi connectivity index (χ1) is 13.7. The Bertz CT molecular complexity index is 1140. The molecule has 0 aliphatic rings. The number of pyridine rings is 1. The first-order valence-electron chi connectivity index (χ1n) is 9.11. The zero-order valence-electron chi connectivity index (χ0n) is 15.7. The van der Waals surface area contributed by atoms with E-state index in [-0.39, 0.29) is 11.6 Å². The highest BCUT2D eigenvalue weighted by molar-refractivity contribution is 5.77. The van der Waals surface area contributed by atoms with Crippen LogP contribution in [0, 0.1) is 0 Å². The van der Waals surface area contributed by atoms with Crippen molar-refractivity contribution in [2.45, 2.75) is 26.4 Å². The van der Waals surface area contributed by atoms with Gasteiger partial charge in [-0.05, 0) is 37.7 Å². The number of aromatic amines is 1. The van der Waals surface area contributed by atoms with E-state index in [2.05, 4.69) is 30.0 Å². The predicted octanol–water partition coefficient (Wildman–Crippen LogP) is 2.95. The molecule has 0 radical (unpaired) electrons. The number of hydrogen-bond acceptors (Lipinski definition) is 7. The lowest BCUT2D eigenvalue weighted by Crippen LogP contribution is -2.28. The van der Waals surface area contributed by atoms with Gasteiger partial charge in [-0.25, -0.2) is 4.98 Å². The van der Waals surface area contributed by atoms with Gasteiger partial charge in [0.2, 0.25) is 11.7 Å². The van der Waals surface area contributed by atoms with Gasteiger partial charge in [0, 0.05) is 18.0 Å². The van der Waals surface area contributed by atoms with Crippen LogP contribution in [0.1, 0.15) is 31.6 Å². The Morgan fingerprint density at radius 3 is 2.82 bits per heavy atom. The molecule has 0 amide bonds.